The van der Waals surface area contributed by atoms with Gasteiger partial charge in [0.15, 0.2) is 5.82 Å². The lowest BCUT2D eigenvalue weighted by Crippen LogP contribution is -2.37. The predicted octanol–water partition coefficient (Wildman–Crippen LogP) is 0.780. The minimum Gasteiger partial charge on any atom is -0.480 e. The molecule has 0 atom stereocenters. The van der Waals surface area contributed by atoms with Crippen LogP contribution in [-0.2, 0) is 9.53 Å². The highest BCUT2D eigenvalue weighted by atomic mass is 16.6. The lowest BCUT2D eigenvalue weighted by molar-refractivity contribution is -0.384. The number of carboxylic acids is 1. The Bertz CT molecular complexity index is 824. The van der Waals surface area contributed by atoms with Crippen molar-refractivity contribution in [3.05, 3.63) is 34.4 Å². The smallest absolute Gasteiger partial charge is 0.322 e. The number of non-ortho nitro benzene ring substituents is 1. The first-order chi connectivity index (χ1) is 12.5. The van der Waals surface area contributed by atoms with E-state index in [9.17, 15) is 14.9 Å². The predicted molar refractivity (Wildman–Crippen MR) is 91.1 cm³/mol. The van der Waals surface area contributed by atoms with Gasteiger partial charge in [-0.3, -0.25) is 14.9 Å². The molecule has 1 fully saturated rings. The number of carbonyl (C=O) groups is 1. The Hall–Kier alpha value is -3.34. The van der Waals surface area contributed by atoms with Crippen molar-refractivity contribution in [3.8, 4) is 11.4 Å². The summed E-state index contributed by atoms with van der Waals surface area (Å²) in [6.07, 6.45) is 0. The first-order valence-electron chi connectivity index (χ1n) is 7.82. The second kappa shape index (κ2) is 7.70. The molecule has 1 aliphatic rings. The van der Waals surface area contributed by atoms with Crippen LogP contribution in [0.1, 0.15) is 0 Å². The number of hydrogen-bond acceptors (Lipinski definition) is 9. The first-order valence-corrected chi connectivity index (χ1v) is 7.82. The van der Waals surface area contributed by atoms with Crippen LogP contribution in [0.15, 0.2) is 24.3 Å². The molecule has 26 heavy (non-hydrogen) atoms. The van der Waals surface area contributed by atoms with Gasteiger partial charge in [0, 0.05) is 30.8 Å². The number of aliphatic carboxylic acids is 1. The van der Waals surface area contributed by atoms with E-state index in [4.69, 9.17) is 9.84 Å². The summed E-state index contributed by atoms with van der Waals surface area (Å²) in [4.78, 5) is 36.0. The van der Waals surface area contributed by atoms with E-state index in [1.165, 1.54) is 18.2 Å². The molecule has 136 valence electrons. The number of nitrogens with zero attached hydrogens (tertiary/aromatic N) is 5. The number of nitro benzene ring substituents is 1. The lowest BCUT2D eigenvalue weighted by Gasteiger charge is -2.27. The van der Waals surface area contributed by atoms with Crippen molar-refractivity contribution in [1.82, 2.24) is 15.0 Å². The number of rotatable bonds is 6. The van der Waals surface area contributed by atoms with Crippen LogP contribution in [0, 0.1) is 10.1 Å². The van der Waals surface area contributed by atoms with Crippen LogP contribution in [0.25, 0.3) is 11.4 Å². The third-order valence-electron chi connectivity index (χ3n) is 3.63. The summed E-state index contributed by atoms with van der Waals surface area (Å²) in [5.74, 6) is -0.392. The average Bonchev–Trinajstić information content (AvgIpc) is 2.67. The van der Waals surface area contributed by atoms with Crippen molar-refractivity contribution < 1.29 is 19.6 Å². The minimum absolute atomic E-state index is 0.0871. The average molecular weight is 360 g/mol. The molecule has 11 nitrogen and oxygen atoms in total. The molecule has 0 amide bonds. The van der Waals surface area contributed by atoms with E-state index in [-0.39, 0.29) is 24.0 Å². The van der Waals surface area contributed by atoms with Crippen LogP contribution in [0.4, 0.5) is 17.6 Å². The fraction of sp³-hybridized carbons (Fsp3) is 0.333. The highest BCUT2D eigenvalue weighted by Crippen LogP contribution is 2.23. The number of nitrogens with one attached hydrogen (secondary N) is 1. The van der Waals surface area contributed by atoms with Crippen molar-refractivity contribution in [3.63, 3.8) is 0 Å². The van der Waals surface area contributed by atoms with Crippen molar-refractivity contribution in [2.45, 2.75) is 0 Å². The molecule has 2 heterocycles. The van der Waals surface area contributed by atoms with Crippen LogP contribution in [0.3, 0.4) is 0 Å². The lowest BCUT2D eigenvalue weighted by atomic mass is 10.2. The monoisotopic (exact) mass is 360 g/mol. The molecule has 2 aromatic rings. The summed E-state index contributed by atoms with van der Waals surface area (Å²) in [6, 6.07) is 5.92. The van der Waals surface area contributed by atoms with Crippen molar-refractivity contribution in [2.75, 3.05) is 43.1 Å². The molecule has 0 saturated carbocycles. The molecule has 0 spiro atoms. The van der Waals surface area contributed by atoms with E-state index in [1.54, 1.807) is 6.07 Å². The minimum atomic E-state index is -1.06. The first kappa shape index (κ1) is 17.5. The summed E-state index contributed by atoms with van der Waals surface area (Å²) >= 11 is 0. The number of hydrogen-bond donors (Lipinski definition) is 2. The Morgan fingerprint density at radius 2 is 2.08 bits per heavy atom. The second-order valence-electron chi connectivity index (χ2n) is 5.44. The van der Waals surface area contributed by atoms with Gasteiger partial charge in [-0.1, -0.05) is 12.1 Å². The van der Waals surface area contributed by atoms with E-state index in [0.717, 1.165) is 0 Å². The molecule has 1 saturated heterocycles. The van der Waals surface area contributed by atoms with Gasteiger partial charge in [-0.05, 0) is 0 Å². The number of aromatic nitrogens is 3. The standard InChI is InChI=1S/C15H16N6O5/c22-12(23)9-16-14-17-13(10-2-1-3-11(8-10)21(24)25)18-15(19-14)20-4-6-26-7-5-20/h1-3,8H,4-7,9H2,(H,22,23)(H,16,17,18,19). The van der Waals surface area contributed by atoms with Crippen LogP contribution >= 0.6 is 0 Å². The van der Waals surface area contributed by atoms with Crippen LogP contribution < -0.4 is 10.2 Å². The van der Waals surface area contributed by atoms with Gasteiger partial charge in [-0.2, -0.15) is 15.0 Å². The second-order valence-corrected chi connectivity index (χ2v) is 5.44. The van der Waals surface area contributed by atoms with E-state index in [1.807, 2.05) is 4.90 Å². The van der Waals surface area contributed by atoms with Crippen molar-refractivity contribution >= 4 is 23.6 Å². The van der Waals surface area contributed by atoms with Gasteiger partial charge < -0.3 is 20.1 Å². The van der Waals surface area contributed by atoms with E-state index in [0.29, 0.717) is 37.8 Å². The molecular formula is C15H16N6O5. The quantitative estimate of drug-likeness (QED) is 0.560. The van der Waals surface area contributed by atoms with Crippen molar-refractivity contribution in [2.24, 2.45) is 0 Å². The largest absolute Gasteiger partial charge is 0.480 e. The van der Waals surface area contributed by atoms with Crippen LogP contribution in [0.2, 0.25) is 0 Å². The molecule has 1 aliphatic heterocycles. The SMILES string of the molecule is O=C(O)CNc1nc(-c2cccc([N+](=O)[O-])c2)nc(N2CCOCC2)n1. The van der Waals surface area contributed by atoms with E-state index in [2.05, 4.69) is 20.3 Å². The van der Waals surface area contributed by atoms with E-state index < -0.39 is 10.9 Å². The third-order valence-corrected chi connectivity index (χ3v) is 3.63. The maximum Gasteiger partial charge on any atom is 0.322 e. The van der Waals surface area contributed by atoms with Gasteiger partial charge in [0.05, 0.1) is 18.1 Å². The van der Waals surface area contributed by atoms with Gasteiger partial charge in [-0.25, -0.2) is 0 Å². The zero-order valence-corrected chi connectivity index (χ0v) is 13.7. The number of ether oxygens (including phenoxy) is 1. The Kier molecular flexibility index (Phi) is 5.17. The van der Waals surface area contributed by atoms with Crippen LogP contribution in [-0.4, -0.2) is 63.8 Å². The fourth-order valence-electron chi connectivity index (χ4n) is 2.39. The number of benzene rings is 1. The van der Waals surface area contributed by atoms with Gasteiger partial charge in [0.1, 0.15) is 6.54 Å². The third kappa shape index (κ3) is 4.19. The Labute approximate surface area is 147 Å². The summed E-state index contributed by atoms with van der Waals surface area (Å²) < 4.78 is 5.31. The fourth-order valence-corrected chi connectivity index (χ4v) is 2.39. The molecule has 0 unspecified atom stereocenters. The Balaban J connectivity index is 1.99. The highest BCUT2D eigenvalue weighted by molar-refractivity contribution is 5.72. The zero-order chi connectivity index (χ0) is 18.5. The molecule has 0 aliphatic carbocycles. The molecule has 3 rings (SSSR count). The van der Waals surface area contributed by atoms with Crippen molar-refractivity contribution in [1.29, 1.82) is 0 Å². The number of morpholine rings is 1. The highest BCUT2D eigenvalue weighted by Gasteiger charge is 2.18. The molecule has 11 heteroatoms. The van der Waals surface area contributed by atoms with Gasteiger partial charge in [-0.15, -0.1) is 0 Å². The van der Waals surface area contributed by atoms with Gasteiger partial charge in [0.25, 0.3) is 5.69 Å². The zero-order valence-electron chi connectivity index (χ0n) is 13.7. The number of carboxylic acid groups (broad SMARTS) is 1. The normalized spacial score (nSPS) is 14.1. The summed E-state index contributed by atoms with van der Waals surface area (Å²) in [5, 5.41) is 22.5. The summed E-state index contributed by atoms with van der Waals surface area (Å²) in [5.41, 5.74) is 0.352. The molecular weight excluding hydrogens is 344 g/mol. The molecule has 0 bridgehead atoms. The molecule has 2 N–H and O–H groups in total. The number of anilines is 2. The molecule has 1 aromatic heterocycles. The van der Waals surface area contributed by atoms with Crippen LogP contribution in [0.5, 0.6) is 0 Å². The summed E-state index contributed by atoms with van der Waals surface area (Å²) in [7, 11) is 0. The topological polar surface area (TPSA) is 144 Å². The maximum absolute atomic E-state index is 11.0. The van der Waals surface area contributed by atoms with Gasteiger partial charge >= 0.3 is 5.97 Å². The maximum atomic E-state index is 11.0. The van der Waals surface area contributed by atoms with E-state index >= 15 is 0 Å². The summed E-state index contributed by atoms with van der Waals surface area (Å²) in [6.45, 7) is 1.85. The molecule has 0 radical (unpaired) electrons. The Morgan fingerprint density at radius 3 is 2.77 bits per heavy atom. The Morgan fingerprint density at radius 1 is 1.31 bits per heavy atom. The number of nitro groups is 1. The molecule has 1 aromatic carbocycles. The van der Waals surface area contributed by atoms with Gasteiger partial charge in [0.2, 0.25) is 11.9 Å².